The number of hydrogen-bond donors (Lipinski definition) is 2. The number of hydrogen-bond acceptors (Lipinski definition) is 5. The molecular weight excluding hydrogens is 276 g/mol. The van der Waals surface area contributed by atoms with Gasteiger partial charge in [0.2, 0.25) is 0 Å². The number of carbonyl (C=O) groups excluding carboxylic acids is 1. The van der Waals surface area contributed by atoms with Crippen LogP contribution in [0.2, 0.25) is 0 Å². The molecule has 0 bridgehead atoms. The van der Waals surface area contributed by atoms with Gasteiger partial charge in [-0.2, -0.15) is 0 Å². The average molecular weight is 298 g/mol. The van der Waals surface area contributed by atoms with Gasteiger partial charge in [-0.05, 0) is 30.3 Å². The van der Waals surface area contributed by atoms with Crippen molar-refractivity contribution in [3.63, 3.8) is 0 Å². The number of amides is 1. The molecule has 1 atom stereocenters. The van der Waals surface area contributed by atoms with Crippen LogP contribution < -0.4 is 10.1 Å². The predicted molar refractivity (Wildman–Crippen MR) is 74.9 cm³/mol. The summed E-state index contributed by atoms with van der Waals surface area (Å²) in [4.78, 5) is 22.5. The minimum atomic E-state index is -0.857. The second-order valence-corrected chi connectivity index (χ2v) is 5.46. The molecule has 0 saturated carbocycles. The third-order valence-corrected chi connectivity index (χ3v) is 2.81. The third kappa shape index (κ3) is 7.34. The van der Waals surface area contributed by atoms with Crippen LogP contribution in [0.5, 0.6) is 5.88 Å². The second kappa shape index (κ2) is 8.28. The molecule has 0 spiro atoms. The Kier molecular flexibility index (Phi) is 6.71. The molecule has 0 saturated heterocycles. The second-order valence-electron chi connectivity index (χ2n) is 5.46. The van der Waals surface area contributed by atoms with Crippen LogP contribution in [0.25, 0.3) is 0 Å². The topological polar surface area (TPSA) is 102 Å². The number of carbonyl (C=O) groups is 2. The number of aryl methyl sites for hydroxylation is 1. The number of nitrogens with zero attached hydrogens (tertiary/aromatic N) is 1. The van der Waals surface area contributed by atoms with Crippen molar-refractivity contribution in [3.05, 3.63) is 11.8 Å². The van der Waals surface area contributed by atoms with Gasteiger partial charge < -0.3 is 19.7 Å². The van der Waals surface area contributed by atoms with Crippen molar-refractivity contribution in [1.29, 1.82) is 0 Å². The van der Waals surface area contributed by atoms with Gasteiger partial charge >= 0.3 is 5.97 Å². The lowest BCUT2D eigenvalue weighted by Gasteiger charge is -2.17. The molecule has 0 fully saturated rings. The molecule has 1 aromatic rings. The van der Waals surface area contributed by atoms with Crippen molar-refractivity contribution in [2.75, 3.05) is 13.2 Å². The molecule has 0 aliphatic rings. The van der Waals surface area contributed by atoms with E-state index in [-0.39, 0.29) is 30.7 Å². The SMILES string of the molecule is Cc1cc(OCC(=O)NC[C@H](CC(=O)O)CC(C)C)no1. The lowest BCUT2D eigenvalue weighted by atomic mass is 9.94. The fourth-order valence-electron chi connectivity index (χ4n) is 2.01. The van der Waals surface area contributed by atoms with Crippen LogP contribution in [-0.4, -0.2) is 35.3 Å². The highest BCUT2D eigenvalue weighted by Crippen LogP contribution is 2.14. The zero-order valence-electron chi connectivity index (χ0n) is 12.6. The Bertz CT molecular complexity index is 470. The Hall–Kier alpha value is -2.05. The number of carboxylic acids is 1. The summed E-state index contributed by atoms with van der Waals surface area (Å²) in [6.45, 7) is 5.92. The molecule has 2 N–H and O–H groups in total. The molecule has 118 valence electrons. The fraction of sp³-hybridized carbons (Fsp3) is 0.643. The van der Waals surface area contributed by atoms with Gasteiger partial charge in [-0.25, -0.2) is 0 Å². The maximum atomic E-state index is 11.7. The number of rotatable bonds is 9. The predicted octanol–water partition coefficient (Wildman–Crippen LogP) is 1.62. The Morgan fingerprint density at radius 3 is 2.71 bits per heavy atom. The van der Waals surface area contributed by atoms with Crippen LogP contribution in [0.4, 0.5) is 0 Å². The summed E-state index contributed by atoms with van der Waals surface area (Å²) >= 11 is 0. The number of carboxylic acid groups (broad SMARTS) is 1. The number of nitrogens with one attached hydrogen (secondary N) is 1. The van der Waals surface area contributed by atoms with E-state index >= 15 is 0 Å². The van der Waals surface area contributed by atoms with Gasteiger partial charge in [0.15, 0.2) is 6.61 Å². The summed E-state index contributed by atoms with van der Waals surface area (Å²) in [5.41, 5.74) is 0. The smallest absolute Gasteiger partial charge is 0.303 e. The van der Waals surface area contributed by atoms with Gasteiger partial charge in [0.25, 0.3) is 11.8 Å². The molecule has 7 nitrogen and oxygen atoms in total. The highest BCUT2D eigenvalue weighted by Gasteiger charge is 2.16. The van der Waals surface area contributed by atoms with Gasteiger partial charge in [-0.1, -0.05) is 13.8 Å². The summed E-state index contributed by atoms with van der Waals surface area (Å²) in [6, 6.07) is 1.58. The van der Waals surface area contributed by atoms with Crippen LogP contribution in [0.3, 0.4) is 0 Å². The van der Waals surface area contributed by atoms with Crippen LogP contribution in [0, 0.1) is 18.8 Å². The first-order chi connectivity index (χ1) is 9.86. The Morgan fingerprint density at radius 2 is 2.19 bits per heavy atom. The Morgan fingerprint density at radius 1 is 1.48 bits per heavy atom. The third-order valence-electron chi connectivity index (χ3n) is 2.81. The highest BCUT2D eigenvalue weighted by atomic mass is 16.5. The summed E-state index contributed by atoms with van der Waals surface area (Å²) in [6.07, 6.45) is 0.789. The van der Waals surface area contributed by atoms with E-state index in [2.05, 4.69) is 10.5 Å². The van der Waals surface area contributed by atoms with Crippen molar-refractivity contribution in [1.82, 2.24) is 10.5 Å². The van der Waals surface area contributed by atoms with Gasteiger partial charge in [0, 0.05) is 19.0 Å². The molecule has 0 unspecified atom stereocenters. The first-order valence-corrected chi connectivity index (χ1v) is 6.91. The monoisotopic (exact) mass is 298 g/mol. The molecule has 1 rings (SSSR count). The normalized spacial score (nSPS) is 12.2. The van der Waals surface area contributed by atoms with Gasteiger partial charge in [-0.3, -0.25) is 9.59 Å². The van der Waals surface area contributed by atoms with E-state index in [0.717, 1.165) is 6.42 Å². The van der Waals surface area contributed by atoms with E-state index in [0.29, 0.717) is 18.2 Å². The van der Waals surface area contributed by atoms with Gasteiger partial charge in [-0.15, -0.1) is 0 Å². The molecule has 7 heteroatoms. The molecule has 0 aromatic carbocycles. The molecule has 0 aliphatic heterocycles. The molecule has 1 aromatic heterocycles. The Labute approximate surface area is 123 Å². The van der Waals surface area contributed by atoms with Crippen molar-refractivity contribution in [2.45, 2.75) is 33.6 Å². The van der Waals surface area contributed by atoms with Crippen molar-refractivity contribution in [2.24, 2.45) is 11.8 Å². The molecule has 1 heterocycles. The quantitative estimate of drug-likeness (QED) is 0.718. The first-order valence-electron chi connectivity index (χ1n) is 6.91. The number of aromatic nitrogens is 1. The van der Waals surface area contributed by atoms with E-state index in [1.165, 1.54) is 0 Å². The summed E-state index contributed by atoms with van der Waals surface area (Å²) < 4.78 is 9.96. The zero-order valence-corrected chi connectivity index (χ0v) is 12.6. The van der Waals surface area contributed by atoms with Gasteiger partial charge in [0.1, 0.15) is 5.76 Å². The van der Waals surface area contributed by atoms with E-state index in [9.17, 15) is 9.59 Å². The van der Waals surface area contributed by atoms with E-state index in [1.807, 2.05) is 13.8 Å². The first kappa shape index (κ1) is 17.0. The summed E-state index contributed by atoms with van der Waals surface area (Å²) in [5.74, 6) is -0.0175. The van der Waals surface area contributed by atoms with Crippen LogP contribution >= 0.6 is 0 Å². The minimum absolute atomic E-state index is 0.0435. The van der Waals surface area contributed by atoms with Gasteiger partial charge in [0.05, 0.1) is 0 Å². The number of ether oxygens (including phenoxy) is 1. The maximum absolute atomic E-state index is 11.7. The highest BCUT2D eigenvalue weighted by molar-refractivity contribution is 5.77. The van der Waals surface area contributed by atoms with E-state index in [4.69, 9.17) is 14.4 Å². The zero-order chi connectivity index (χ0) is 15.8. The van der Waals surface area contributed by atoms with Crippen LogP contribution in [0.1, 0.15) is 32.4 Å². The Balaban J connectivity index is 2.33. The average Bonchev–Trinajstić information content (AvgIpc) is 2.78. The number of aliphatic carboxylic acids is 1. The molecule has 1 amide bonds. The molecule has 0 aliphatic carbocycles. The lowest BCUT2D eigenvalue weighted by Crippen LogP contribution is -2.34. The summed E-state index contributed by atoms with van der Waals surface area (Å²) in [7, 11) is 0. The van der Waals surface area contributed by atoms with E-state index in [1.54, 1.807) is 13.0 Å². The lowest BCUT2D eigenvalue weighted by molar-refractivity contribution is -0.138. The van der Waals surface area contributed by atoms with E-state index < -0.39 is 5.97 Å². The standard InChI is InChI=1S/C14H22N2O5/c1-9(2)4-11(6-14(18)19)7-15-12(17)8-20-13-5-10(3)21-16-13/h5,9,11H,4,6-8H2,1-3H3,(H,15,17)(H,18,19)/t11-/m0/s1. The molecule has 0 radical (unpaired) electrons. The fourth-order valence-corrected chi connectivity index (χ4v) is 2.01. The van der Waals surface area contributed by atoms with Crippen molar-refractivity contribution < 1.29 is 24.0 Å². The van der Waals surface area contributed by atoms with Crippen molar-refractivity contribution in [3.8, 4) is 5.88 Å². The largest absolute Gasteiger partial charge is 0.481 e. The minimum Gasteiger partial charge on any atom is -0.481 e. The summed E-state index contributed by atoms with van der Waals surface area (Å²) in [5, 5.41) is 15.2. The van der Waals surface area contributed by atoms with Crippen molar-refractivity contribution >= 4 is 11.9 Å². The van der Waals surface area contributed by atoms with Crippen LogP contribution in [-0.2, 0) is 9.59 Å². The molecular formula is C14H22N2O5. The maximum Gasteiger partial charge on any atom is 0.303 e. The van der Waals surface area contributed by atoms with Crippen LogP contribution in [0.15, 0.2) is 10.6 Å². The molecule has 21 heavy (non-hydrogen) atoms.